The molecular weight excluding hydrogens is 354 g/mol. The van der Waals surface area contributed by atoms with E-state index in [2.05, 4.69) is 25.8 Å². The van der Waals surface area contributed by atoms with Crippen LogP contribution in [0.3, 0.4) is 0 Å². The first-order chi connectivity index (χ1) is 13.6. The molecule has 8 nitrogen and oxygen atoms in total. The van der Waals surface area contributed by atoms with E-state index in [4.69, 9.17) is 0 Å². The van der Waals surface area contributed by atoms with Crippen LogP contribution in [0.15, 0.2) is 60.8 Å². The number of benzene rings is 2. The van der Waals surface area contributed by atoms with Crippen LogP contribution in [0.4, 0.5) is 5.69 Å². The number of aryl methyl sites for hydroxylation is 1. The molecule has 0 unspecified atom stereocenters. The molecule has 0 saturated carbocycles. The van der Waals surface area contributed by atoms with Crippen LogP contribution in [-0.4, -0.2) is 35.9 Å². The number of carbonyl (C=O) groups excluding carboxylic acids is 1. The van der Waals surface area contributed by atoms with Crippen LogP contribution in [-0.2, 0) is 6.67 Å². The molecule has 0 aliphatic heterocycles. The van der Waals surface area contributed by atoms with Crippen molar-refractivity contribution in [2.24, 2.45) is 0 Å². The van der Waals surface area contributed by atoms with Gasteiger partial charge in [-0.2, -0.15) is 5.10 Å². The van der Waals surface area contributed by atoms with E-state index in [-0.39, 0.29) is 12.6 Å². The Morgan fingerprint density at radius 3 is 2.64 bits per heavy atom. The summed E-state index contributed by atoms with van der Waals surface area (Å²) in [6, 6.07) is 17.1. The normalized spacial score (nSPS) is 10.8. The molecule has 0 aliphatic carbocycles. The fraction of sp³-hybridized carbons (Fsp3) is 0.150. The SMILES string of the molecule is Cc1cccc(NC(=O)c2ccn(Cn3nnc(-c4ccccc4)n3)n2)c1C. The van der Waals surface area contributed by atoms with Crippen molar-refractivity contribution < 1.29 is 4.79 Å². The van der Waals surface area contributed by atoms with Gasteiger partial charge in [-0.3, -0.25) is 4.79 Å². The first-order valence-electron chi connectivity index (χ1n) is 8.84. The number of nitrogens with zero attached hydrogens (tertiary/aromatic N) is 6. The van der Waals surface area contributed by atoms with Crippen LogP contribution in [0.2, 0.25) is 0 Å². The number of anilines is 1. The number of hydrogen-bond acceptors (Lipinski definition) is 5. The number of tetrazole rings is 1. The quantitative estimate of drug-likeness (QED) is 0.581. The third-order valence-electron chi connectivity index (χ3n) is 4.48. The zero-order valence-electron chi connectivity index (χ0n) is 15.6. The van der Waals surface area contributed by atoms with Crippen LogP contribution in [0.5, 0.6) is 0 Å². The molecule has 28 heavy (non-hydrogen) atoms. The van der Waals surface area contributed by atoms with E-state index in [1.165, 1.54) is 4.80 Å². The van der Waals surface area contributed by atoms with E-state index >= 15 is 0 Å². The maximum atomic E-state index is 12.5. The number of amides is 1. The zero-order valence-corrected chi connectivity index (χ0v) is 15.6. The molecule has 2 heterocycles. The second-order valence-corrected chi connectivity index (χ2v) is 6.43. The molecule has 0 spiro atoms. The predicted molar refractivity (Wildman–Crippen MR) is 105 cm³/mol. The molecule has 8 heteroatoms. The van der Waals surface area contributed by atoms with E-state index in [0.29, 0.717) is 11.5 Å². The van der Waals surface area contributed by atoms with Crippen molar-refractivity contribution in [2.75, 3.05) is 5.32 Å². The Kier molecular flexibility index (Phi) is 4.67. The van der Waals surface area contributed by atoms with Gasteiger partial charge in [0.1, 0.15) is 0 Å². The Bertz CT molecular complexity index is 1110. The lowest BCUT2D eigenvalue weighted by Gasteiger charge is -2.09. The third kappa shape index (κ3) is 3.66. The summed E-state index contributed by atoms with van der Waals surface area (Å²) in [5.41, 5.74) is 4.16. The standard InChI is InChI=1S/C20H19N7O/c1-14-7-6-10-17(15(14)2)21-20(28)18-11-12-26(23-18)13-27-24-19(22-25-27)16-8-4-3-5-9-16/h3-12H,13H2,1-2H3,(H,21,28). The first-order valence-corrected chi connectivity index (χ1v) is 8.84. The summed E-state index contributed by atoms with van der Waals surface area (Å²) >= 11 is 0. The molecule has 0 radical (unpaired) electrons. The Hall–Kier alpha value is -3.81. The van der Waals surface area contributed by atoms with E-state index < -0.39 is 0 Å². The fourth-order valence-corrected chi connectivity index (χ4v) is 2.77. The molecule has 0 atom stereocenters. The average Bonchev–Trinajstić information content (AvgIpc) is 3.36. The molecule has 0 fully saturated rings. The second-order valence-electron chi connectivity index (χ2n) is 6.43. The van der Waals surface area contributed by atoms with Gasteiger partial charge in [-0.1, -0.05) is 42.5 Å². The predicted octanol–water partition coefficient (Wildman–Crippen LogP) is 2.91. The van der Waals surface area contributed by atoms with Crippen LogP contribution in [0.25, 0.3) is 11.4 Å². The molecule has 0 bridgehead atoms. The lowest BCUT2D eigenvalue weighted by Crippen LogP contribution is -2.16. The molecule has 4 rings (SSSR count). The van der Waals surface area contributed by atoms with Gasteiger partial charge >= 0.3 is 0 Å². The Morgan fingerprint density at radius 1 is 1.00 bits per heavy atom. The highest BCUT2D eigenvalue weighted by molar-refractivity contribution is 6.03. The van der Waals surface area contributed by atoms with Crippen molar-refractivity contribution in [3.8, 4) is 11.4 Å². The average molecular weight is 373 g/mol. The van der Waals surface area contributed by atoms with E-state index in [1.807, 2.05) is 62.4 Å². The summed E-state index contributed by atoms with van der Waals surface area (Å²) in [4.78, 5) is 13.9. The van der Waals surface area contributed by atoms with Crippen molar-refractivity contribution in [3.63, 3.8) is 0 Å². The van der Waals surface area contributed by atoms with Crippen LogP contribution in [0, 0.1) is 13.8 Å². The van der Waals surface area contributed by atoms with Gasteiger partial charge in [0.2, 0.25) is 5.82 Å². The zero-order chi connectivity index (χ0) is 19.5. The Labute approximate surface area is 161 Å². The molecule has 2 aromatic carbocycles. The maximum Gasteiger partial charge on any atom is 0.276 e. The Balaban J connectivity index is 1.45. The summed E-state index contributed by atoms with van der Waals surface area (Å²) in [5, 5.41) is 19.7. The summed E-state index contributed by atoms with van der Waals surface area (Å²) in [6.07, 6.45) is 1.71. The topological polar surface area (TPSA) is 90.5 Å². The minimum atomic E-state index is -0.260. The summed E-state index contributed by atoms with van der Waals surface area (Å²) in [7, 11) is 0. The molecule has 140 valence electrons. The van der Waals surface area contributed by atoms with Gasteiger partial charge < -0.3 is 5.32 Å². The first kappa shape index (κ1) is 17.6. The number of carbonyl (C=O) groups is 1. The molecule has 4 aromatic rings. The number of aromatic nitrogens is 6. The highest BCUT2D eigenvalue weighted by atomic mass is 16.2. The summed E-state index contributed by atoms with van der Waals surface area (Å²) in [5.74, 6) is 0.282. The van der Waals surface area contributed by atoms with Crippen molar-refractivity contribution in [1.29, 1.82) is 0 Å². The number of nitrogens with one attached hydrogen (secondary N) is 1. The lowest BCUT2D eigenvalue weighted by atomic mass is 10.1. The maximum absolute atomic E-state index is 12.5. The minimum absolute atomic E-state index is 0.260. The van der Waals surface area contributed by atoms with Crippen LogP contribution >= 0.6 is 0 Å². The van der Waals surface area contributed by atoms with Crippen molar-refractivity contribution in [1.82, 2.24) is 30.0 Å². The number of rotatable bonds is 5. The van der Waals surface area contributed by atoms with Gasteiger partial charge in [0.05, 0.1) is 0 Å². The van der Waals surface area contributed by atoms with Gasteiger partial charge in [-0.15, -0.1) is 15.0 Å². The van der Waals surface area contributed by atoms with Gasteiger partial charge in [0.15, 0.2) is 12.4 Å². The van der Waals surface area contributed by atoms with Gasteiger partial charge in [-0.05, 0) is 42.3 Å². The second kappa shape index (κ2) is 7.43. The van der Waals surface area contributed by atoms with Crippen molar-refractivity contribution >= 4 is 11.6 Å². The van der Waals surface area contributed by atoms with E-state index in [0.717, 1.165) is 22.4 Å². The number of hydrogen-bond donors (Lipinski definition) is 1. The summed E-state index contributed by atoms with van der Waals surface area (Å²) in [6.45, 7) is 4.25. The fourth-order valence-electron chi connectivity index (χ4n) is 2.77. The lowest BCUT2D eigenvalue weighted by molar-refractivity contribution is 0.102. The van der Waals surface area contributed by atoms with E-state index in [1.54, 1.807) is 16.9 Å². The van der Waals surface area contributed by atoms with Crippen LogP contribution in [0.1, 0.15) is 21.6 Å². The smallest absolute Gasteiger partial charge is 0.276 e. The van der Waals surface area contributed by atoms with Crippen molar-refractivity contribution in [2.45, 2.75) is 20.5 Å². The summed E-state index contributed by atoms with van der Waals surface area (Å²) < 4.78 is 1.59. The van der Waals surface area contributed by atoms with Gasteiger partial charge in [-0.25, -0.2) is 4.68 Å². The third-order valence-corrected chi connectivity index (χ3v) is 4.48. The highest BCUT2D eigenvalue weighted by Gasteiger charge is 2.12. The monoisotopic (exact) mass is 373 g/mol. The van der Waals surface area contributed by atoms with Gasteiger partial charge in [0.25, 0.3) is 5.91 Å². The van der Waals surface area contributed by atoms with Crippen molar-refractivity contribution in [3.05, 3.63) is 77.6 Å². The van der Waals surface area contributed by atoms with E-state index in [9.17, 15) is 4.79 Å². The highest BCUT2D eigenvalue weighted by Crippen LogP contribution is 2.18. The molecule has 1 N–H and O–H groups in total. The molecular formula is C20H19N7O. The van der Waals surface area contributed by atoms with Crippen LogP contribution < -0.4 is 5.32 Å². The molecule has 2 aromatic heterocycles. The van der Waals surface area contributed by atoms with Gasteiger partial charge in [0, 0.05) is 17.4 Å². The molecule has 1 amide bonds. The molecule has 0 aliphatic rings. The Morgan fingerprint density at radius 2 is 1.82 bits per heavy atom. The minimum Gasteiger partial charge on any atom is -0.320 e. The molecule has 0 saturated heterocycles. The largest absolute Gasteiger partial charge is 0.320 e.